The summed E-state index contributed by atoms with van der Waals surface area (Å²) >= 11 is 0. The van der Waals surface area contributed by atoms with Crippen LogP contribution in [0.3, 0.4) is 0 Å². The van der Waals surface area contributed by atoms with Crippen LogP contribution in [0.25, 0.3) is 0 Å². The molecule has 1 rings (SSSR count). The zero-order valence-electron chi connectivity index (χ0n) is 10.2. The number of hydrogen-bond donors (Lipinski definition) is 1. The molecule has 0 heterocycles. The number of non-ortho nitro benzene ring substituents is 1. The molecule has 0 atom stereocenters. The standard InChI is InChI=1S/C10H9N3O6S/c1-20(17,18)19-9-3-2-7(13(15)16)6-8(9)12-10(14)4-5-11/h2-3,6H,4H2,1H3,(H,12,14). The van der Waals surface area contributed by atoms with Crippen LogP contribution < -0.4 is 9.50 Å². The van der Waals surface area contributed by atoms with Gasteiger partial charge < -0.3 is 9.50 Å². The second-order valence-corrected chi connectivity index (χ2v) is 5.18. The molecule has 0 aliphatic heterocycles. The SMILES string of the molecule is CS(=O)(=O)Oc1ccc([N+](=O)[O-])cc1NC(=O)CC#N. The minimum absolute atomic E-state index is 0.204. The van der Waals surface area contributed by atoms with Crippen LogP contribution in [0.2, 0.25) is 0 Å². The van der Waals surface area contributed by atoms with E-state index in [1.54, 1.807) is 6.07 Å². The molecule has 0 aliphatic rings. The third-order valence-corrected chi connectivity index (χ3v) is 2.41. The molecule has 9 nitrogen and oxygen atoms in total. The summed E-state index contributed by atoms with van der Waals surface area (Å²) in [5.74, 6) is -1.02. The van der Waals surface area contributed by atoms with Gasteiger partial charge >= 0.3 is 10.1 Å². The molecule has 0 bridgehead atoms. The van der Waals surface area contributed by atoms with Gasteiger partial charge in [-0.1, -0.05) is 0 Å². The van der Waals surface area contributed by atoms with Crippen molar-refractivity contribution in [3.63, 3.8) is 0 Å². The number of nitriles is 1. The maximum atomic E-state index is 11.3. The van der Waals surface area contributed by atoms with Gasteiger partial charge in [-0.25, -0.2) is 0 Å². The second-order valence-electron chi connectivity index (χ2n) is 3.61. The third kappa shape index (κ3) is 4.54. The predicted molar refractivity (Wildman–Crippen MR) is 67.4 cm³/mol. The van der Waals surface area contributed by atoms with Crippen LogP contribution in [0.5, 0.6) is 5.75 Å². The summed E-state index contributed by atoms with van der Waals surface area (Å²) < 4.78 is 26.7. The molecule has 1 aromatic carbocycles. The van der Waals surface area contributed by atoms with Gasteiger partial charge in [0.15, 0.2) is 5.75 Å². The summed E-state index contributed by atoms with van der Waals surface area (Å²) in [6.07, 6.45) is 0.302. The fourth-order valence-electron chi connectivity index (χ4n) is 1.23. The largest absolute Gasteiger partial charge is 0.380 e. The van der Waals surface area contributed by atoms with Gasteiger partial charge in [-0.05, 0) is 6.07 Å². The number of carbonyl (C=O) groups is 1. The van der Waals surface area contributed by atoms with Crippen LogP contribution in [-0.4, -0.2) is 25.5 Å². The predicted octanol–water partition coefficient (Wildman–Crippen LogP) is 0.785. The molecule has 106 valence electrons. The number of carbonyl (C=O) groups excluding carboxylic acids is 1. The number of nitrogens with one attached hydrogen (secondary N) is 1. The highest BCUT2D eigenvalue weighted by Crippen LogP contribution is 2.30. The van der Waals surface area contributed by atoms with Gasteiger partial charge in [0, 0.05) is 12.1 Å². The van der Waals surface area contributed by atoms with E-state index in [-0.39, 0.29) is 17.1 Å². The van der Waals surface area contributed by atoms with Gasteiger partial charge in [-0.15, -0.1) is 0 Å². The van der Waals surface area contributed by atoms with Crippen molar-refractivity contribution in [1.29, 1.82) is 5.26 Å². The molecule has 0 spiro atoms. The first kappa shape index (κ1) is 15.4. The lowest BCUT2D eigenvalue weighted by Gasteiger charge is -2.09. The van der Waals surface area contributed by atoms with Crippen molar-refractivity contribution < 1.29 is 22.3 Å². The van der Waals surface area contributed by atoms with Crippen LogP contribution in [0.4, 0.5) is 11.4 Å². The average Bonchev–Trinajstić information content (AvgIpc) is 2.29. The van der Waals surface area contributed by atoms with E-state index in [4.69, 9.17) is 5.26 Å². The average molecular weight is 299 g/mol. The Morgan fingerprint density at radius 2 is 2.20 bits per heavy atom. The molecule has 0 aliphatic carbocycles. The van der Waals surface area contributed by atoms with Crippen molar-refractivity contribution in [1.82, 2.24) is 0 Å². The number of nitro groups is 1. The first-order chi connectivity index (χ1) is 9.23. The fourth-order valence-corrected chi connectivity index (χ4v) is 1.70. The van der Waals surface area contributed by atoms with Crippen molar-refractivity contribution in [2.75, 3.05) is 11.6 Å². The van der Waals surface area contributed by atoms with Crippen LogP contribution in [-0.2, 0) is 14.9 Å². The van der Waals surface area contributed by atoms with Crippen LogP contribution in [0, 0.1) is 21.4 Å². The summed E-state index contributed by atoms with van der Waals surface area (Å²) in [7, 11) is -3.87. The van der Waals surface area contributed by atoms with Gasteiger partial charge in [-0.2, -0.15) is 13.7 Å². The maximum Gasteiger partial charge on any atom is 0.306 e. The van der Waals surface area contributed by atoms with Gasteiger partial charge in [0.25, 0.3) is 5.69 Å². The van der Waals surface area contributed by atoms with E-state index in [0.29, 0.717) is 0 Å². The molecular weight excluding hydrogens is 290 g/mol. The molecule has 1 aromatic rings. The molecule has 20 heavy (non-hydrogen) atoms. The van der Waals surface area contributed by atoms with E-state index in [1.165, 1.54) is 0 Å². The van der Waals surface area contributed by atoms with Gasteiger partial charge in [0.1, 0.15) is 6.42 Å². The highest BCUT2D eigenvalue weighted by Gasteiger charge is 2.16. The fraction of sp³-hybridized carbons (Fsp3) is 0.200. The Balaban J connectivity index is 3.20. The summed E-state index contributed by atoms with van der Waals surface area (Å²) in [6.45, 7) is 0. The quantitative estimate of drug-likeness (QED) is 0.481. The zero-order chi connectivity index (χ0) is 15.3. The van der Waals surface area contributed by atoms with Crippen molar-refractivity contribution in [2.45, 2.75) is 6.42 Å². The van der Waals surface area contributed by atoms with E-state index in [2.05, 4.69) is 9.50 Å². The van der Waals surface area contributed by atoms with Crippen molar-refractivity contribution in [3.8, 4) is 11.8 Å². The maximum absolute atomic E-state index is 11.3. The molecule has 0 saturated carbocycles. The summed E-state index contributed by atoms with van der Waals surface area (Å²) in [6, 6.07) is 4.60. The van der Waals surface area contributed by atoms with E-state index in [0.717, 1.165) is 24.5 Å². The number of anilines is 1. The Labute approximate surface area is 114 Å². The first-order valence-corrected chi connectivity index (χ1v) is 6.89. The highest BCUT2D eigenvalue weighted by molar-refractivity contribution is 7.86. The topological polar surface area (TPSA) is 139 Å². The zero-order valence-corrected chi connectivity index (χ0v) is 11.0. The van der Waals surface area contributed by atoms with E-state index < -0.39 is 27.4 Å². The van der Waals surface area contributed by atoms with Gasteiger partial charge in [-0.3, -0.25) is 14.9 Å². The van der Waals surface area contributed by atoms with E-state index >= 15 is 0 Å². The Bertz CT molecular complexity index is 691. The second kappa shape index (κ2) is 5.98. The van der Waals surface area contributed by atoms with Crippen LogP contribution >= 0.6 is 0 Å². The van der Waals surface area contributed by atoms with Crippen molar-refractivity contribution in [2.24, 2.45) is 0 Å². The summed E-state index contributed by atoms with van der Waals surface area (Å²) in [4.78, 5) is 21.2. The lowest BCUT2D eigenvalue weighted by atomic mass is 10.2. The molecule has 0 aromatic heterocycles. The van der Waals surface area contributed by atoms with Crippen LogP contribution in [0.15, 0.2) is 18.2 Å². The Kier molecular flexibility index (Phi) is 4.60. The number of nitrogens with zero attached hydrogens (tertiary/aromatic N) is 2. The first-order valence-electron chi connectivity index (χ1n) is 5.07. The normalized spacial score (nSPS) is 10.4. The highest BCUT2D eigenvalue weighted by atomic mass is 32.2. The molecule has 1 amide bonds. The van der Waals surface area contributed by atoms with E-state index in [1.807, 2.05) is 0 Å². The van der Waals surface area contributed by atoms with E-state index in [9.17, 15) is 23.3 Å². The molecule has 0 saturated heterocycles. The monoisotopic (exact) mass is 299 g/mol. The van der Waals surface area contributed by atoms with Crippen molar-refractivity contribution >= 4 is 27.4 Å². The molecule has 0 unspecified atom stereocenters. The van der Waals surface area contributed by atoms with Crippen molar-refractivity contribution in [3.05, 3.63) is 28.3 Å². The molecular formula is C10H9N3O6S. The number of benzene rings is 1. The third-order valence-electron chi connectivity index (χ3n) is 1.93. The summed E-state index contributed by atoms with van der Waals surface area (Å²) in [5, 5.41) is 21.2. The lowest BCUT2D eigenvalue weighted by molar-refractivity contribution is -0.384. The number of nitro benzene ring substituents is 1. The molecule has 10 heteroatoms. The number of hydrogen-bond acceptors (Lipinski definition) is 7. The molecule has 0 radical (unpaired) electrons. The van der Waals surface area contributed by atoms with Gasteiger partial charge in [0.2, 0.25) is 5.91 Å². The lowest BCUT2D eigenvalue weighted by Crippen LogP contribution is -2.13. The molecule has 0 fully saturated rings. The Morgan fingerprint density at radius 1 is 1.55 bits per heavy atom. The minimum atomic E-state index is -3.87. The molecule has 1 N–H and O–H groups in total. The Morgan fingerprint density at radius 3 is 2.70 bits per heavy atom. The Hall–Kier alpha value is -2.67. The van der Waals surface area contributed by atoms with Gasteiger partial charge in [0.05, 0.1) is 22.9 Å². The smallest absolute Gasteiger partial charge is 0.306 e. The number of amides is 1. The summed E-state index contributed by atoms with van der Waals surface area (Å²) in [5.41, 5.74) is -0.567. The number of rotatable bonds is 5. The minimum Gasteiger partial charge on any atom is -0.380 e. The van der Waals surface area contributed by atoms with Crippen LogP contribution in [0.1, 0.15) is 6.42 Å².